The largest absolute Gasteiger partial charge is 0.480 e. The average molecular weight is 690 g/mol. The van der Waals surface area contributed by atoms with Gasteiger partial charge in [-0.05, 0) is 66.3 Å². The zero-order chi connectivity index (χ0) is 36.3. The molecule has 0 aliphatic carbocycles. The third-order valence-corrected chi connectivity index (χ3v) is 6.99. The van der Waals surface area contributed by atoms with Crippen LogP contribution in [0.25, 0.3) is 0 Å². The molecule has 0 aliphatic rings. The van der Waals surface area contributed by atoms with Crippen LogP contribution in [0.4, 0.5) is 0 Å². The first-order valence-electron chi connectivity index (χ1n) is 15.1. The Bertz CT molecular complexity index is 1120. The molecule has 20 heteroatoms. The van der Waals surface area contributed by atoms with Crippen LogP contribution in [0.15, 0.2) is 4.99 Å². The summed E-state index contributed by atoms with van der Waals surface area (Å²) in [6.45, 7) is 5.92. The lowest BCUT2D eigenvalue weighted by Crippen LogP contribution is -2.59. The Labute approximate surface area is 279 Å². The van der Waals surface area contributed by atoms with Crippen LogP contribution >= 0.6 is 12.6 Å². The van der Waals surface area contributed by atoms with Crippen LogP contribution in [0, 0.1) is 0 Å². The summed E-state index contributed by atoms with van der Waals surface area (Å²) in [7, 11) is 0. The summed E-state index contributed by atoms with van der Waals surface area (Å²) in [6.07, 6.45) is 1.43. The Hall–Kier alpha value is -4.17. The summed E-state index contributed by atoms with van der Waals surface area (Å²) >= 11 is 4.17. The Morgan fingerprint density at radius 1 is 0.638 bits per heavy atom. The molecule has 268 valence electrons. The number of nitrogens with one attached hydrogen (secondary N) is 6. The highest BCUT2D eigenvalue weighted by molar-refractivity contribution is 7.80. The van der Waals surface area contributed by atoms with Crippen molar-refractivity contribution in [3.63, 3.8) is 0 Å². The fraction of sp³-hybridized carbons (Fsp3) is 0.704. The van der Waals surface area contributed by atoms with Gasteiger partial charge in [0.25, 0.3) is 0 Å². The van der Waals surface area contributed by atoms with E-state index in [0.29, 0.717) is 19.4 Å². The van der Waals surface area contributed by atoms with E-state index in [-0.39, 0.29) is 37.5 Å². The van der Waals surface area contributed by atoms with Crippen LogP contribution in [0.2, 0.25) is 0 Å². The van der Waals surface area contributed by atoms with Crippen molar-refractivity contribution in [2.24, 2.45) is 27.9 Å². The van der Waals surface area contributed by atoms with E-state index >= 15 is 0 Å². The Kier molecular flexibility index (Phi) is 20.4. The molecule has 0 spiro atoms. The first kappa shape index (κ1) is 42.8. The lowest BCUT2D eigenvalue weighted by Gasteiger charge is -2.26. The molecule has 47 heavy (non-hydrogen) atoms. The molecular formula is C27H51N11O8S. The lowest BCUT2D eigenvalue weighted by atomic mass is 10.1. The highest BCUT2D eigenvalue weighted by atomic mass is 32.1. The minimum Gasteiger partial charge on any atom is -0.480 e. The van der Waals surface area contributed by atoms with Crippen LogP contribution < -0.4 is 54.8 Å². The van der Waals surface area contributed by atoms with Gasteiger partial charge in [0.05, 0.1) is 6.04 Å². The number of unbranched alkanes of at least 4 members (excludes halogenated alkanes) is 1. The van der Waals surface area contributed by atoms with Crippen LogP contribution in [0.1, 0.15) is 59.8 Å². The van der Waals surface area contributed by atoms with E-state index in [1.807, 2.05) is 0 Å². The highest BCUT2D eigenvalue weighted by Crippen LogP contribution is 2.05. The first-order chi connectivity index (χ1) is 21.9. The second kappa shape index (κ2) is 22.4. The quantitative estimate of drug-likeness (QED) is 0.0221. The Morgan fingerprint density at radius 2 is 1.06 bits per heavy atom. The van der Waals surface area contributed by atoms with E-state index in [1.165, 1.54) is 27.7 Å². The molecule has 0 heterocycles. The molecule has 0 saturated carbocycles. The number of carbonyl (C=O) groups excluding carboxylic acids is 6. The van der Waals surface area contributed by atoms with Gasteiger partial charge in [-0.3, -0.25) is 38.6 Å². The molecule has 0 aliphatic heterocycles. The number of carbonyl (C=O) groups is 7. The minimum atomic E-state index is -1.27. The van der Waals surface area contributed by atoms with Crippen molar-refractivity contribution < 1.29 is 38.7 Å². The molecular weight excluding hydrogens is 638 g/mol. The number of nitrogens with zero attached hydrogens (tertiary/aromatic N) is 1. The monoisotopic (exact) mass is 689 g/mol. The van der Waals surface area contributed by atoms with Gasteiger partial charge in [0.1, 0.15) is 36.3 Å². The van der Waals surface area contributed by atoms with Crippen molar-refractivity contribution >= 4 is 60.0 Å². The molecule has 7 atom stereocenters. The number of aliphatic carboxylic acids is 1. The molecule has 0 saturated heterocycles. The minimum absolute atomic E-state index is 0.0181. The maximum Gasteiger partial charge on any atom is 0.325 e. The average Bonchev–Trinajstić information content (AvgIpc) is 2.99. The molecule has 0 aromatic rings. The predicted octanol–water partition coefficient (Wildman–Crippen LogP) is -4.50. The Morgan fingerprint density at radius 3 is 1.55 bits per heavy atom. The number of aliphatic imine (C=N–C) groups is 1. The number of amides is 6. The van der Waals surface area contributed by atoms with Crippen LogP contribution in [0.3, 0.4) is 0 Å². The van der Waals surface area contributed by atoms with Gasteiger partial charge in [-0.2, -0.15) is 12.6 Å². The highest BCUT2D eigenvalue weighted by Gasteiger charge is 2.31. The topological polar surface area (TPSA) is 328 Å². The van der Waals surface area contributed by atoms with Gasteiger partial charge in [0.2, 0.25) is 35.4 Å². The van der Waals surface area contributed by atoms with E-state index in [9.17, 15) is 33.6 Å². The van der Waals surface area contributed by atoms with E-state index in [0.717, 1.165) is 0 Å². The smallest absolute Gasteiger partial charge is 0.325 e. The summed E-state index contributed by atoms with van der Waals surface area (Å²) in [5.41, 5.74) is 21.8. The normalized spacial score (nSPS) is 15.2. The maximum atomic E-state index is 13.3. The number of guanidine groups is 1. The third-order valence-electron chi connectivity index (χ3n) is 6.62. The van der Waals surface area contributed by atoms with Crippen LogP contribution in [0.5, 0.6) is 0 Å². The van der Waals surface area contributed by atoms with Gasteiger partial charge >= 0.3 is 5.97 Å². The lowest BCUT2D eigenvalue weighted by molar-refractivity contribution is -0.141. The molecule has 0 aromatic heterocycles. The SMILES string of the molecule is C[C@H](N)C(=O)N[C@@H](C)C(=O)N[C@@H](CCCCN)C(=O)N[C@@H](CS)C(=O)N[C@@H](CCCN=C(N)N)C(=O)N[C@@H](C)C(=O)N[C@@H](C)C(=O)O. The summed E-state index contributed by atoms with van der Waals surface area (Å²) in [4.78, 5) is 91.6. The van der Waals surface area contributed by atoms with E-state index in [2.05, 4.69) is 49.5 Å². The van der Waals surface area contributed by atoms with Crippen molar-refractivity contribution in [1.29, 1.82) is 0 Å². The first-order valence-corrected chi connectivity index (χ1v) is 15.7. The Balaban J connectivity index is 5.77. The van der Waals surface area contributed by atoms with Gasteiger partial charge in [-0.15, -0.1) is 0 Å². The van der Waals surface area contributed by atoms with Gasteiger partial charge in [-0.1, -0.05) is 0 Å². The fourth-order valence-corrected chi connectivity index (χ4v) is 4.02. The molecule has 0 rings (SSSR count). The predicted molar refractivity (Wildman–Crippen MR) is 177 cm³/mol. The van der Waals surface area contributed by atoms with E-state index in [1.54, 1.807) is 0 Å². The number of thiol groups is 1. The summed E-state index contributed by atoms with van der Waals surface area (Å²) < 4.78 is 0. The van der Waals surface area contributed by atoms with Crippen molar-refractivity contribution in [3.05, 3.63) is 0 Å². The van der Waals surface area contributed by atoms with Gasteiger partial charge in [0.15, 0.2) is 5.96 Å². The van der Waals surface area contributed by atoms with Crippen molar-refractivity contribution in [2.45, 2.75) is 102 Å². The molecule has 0 fully saturated rings. The molecule has 0 radical (unpaired) electrons. The second-order valence-corrected chi connectivity index (χ2v) is 11.3. The van der Waals surface area contributed by atoms with Crippen molar-refractivity contribution in [1.82, 2.24) is 31.9 Å². The zero-order valence-corrected chi connectivity index (χ0v) is 28.1. The molecule has 0 aromatic carbocycles. The van der Waals surface area contributed by atoms with E-state index < -0.39 is 83.7 Å². The van der Waals surface area contributed by atoms with Gasteiger partial charge in [-0.25, -0.2) is 0 Å². The molecule has 6 amide bonds. The third kappa shape index (κ3) is 17.4. The zero-order valence-electron chi connectivity index (χ0n) is 27.2. The van der Waals surface area contributed by atoms with Crippen molar-refractivity contribution in [3.8, 4) is 0 Å². The molecule has 0 bridgehead atoms. The van der Waals surface area contributed by atoms with Gasteiger partial charge < -0.3 is 59.9 Å². The van der Waals surface area contributed by atoms with E-state index in [4.69, 9.17) is 28.0 Å². The van der Waals surface area contributed by atoms with Crippen LogP contribution in [-0.2, 0) is 33.6 Å². The maximum absolute atomic E-state index is 13.3. The number of rotatable bonds is 22. The molecule has 19 nitrogen and oxygen atoms in total. The van der Waals surface area contributed by atoms with Crippen molar-refractivity contribution in [2.75, 3.05) is 18.8 Å². The summed E-state index contributed by atoms with van der Waals surface area (Å²) in [5.74, 6) is -5.93. The van der Waals surface area contributed by atoms with Gasteiger partial charge in [0, 0.05) is 12.3 Å². The molecule has 0 unspecified atom stereocenters. The number of hydrogen-bond donors (Lipinski definition) is 12. The number of nitrogens with two attached hydrogens (primary N) is 4. The second-order valence-electron chi connectivity index (χ2n) is 10.9. The fourth-order valence-electron chi connectivity index (χ4n) is 3.76. The standard InChI is InChI=1S/C27H51N11O8S/c1-13(29)20(39)33-15(3)22(41)36-17(8-5-6-10-28)24(43)38-19(12-47)25(44)37-18(9-7-11-32-27(30)31)23(42)34-14(2)21(40)35-16(4)26(45)46/h13-19,47H,5-12,28-29H2,1-4H3,(H,33,39)(H,34,42)(H,35,40)(H,36,41)(H,37,44)(H,38,43)(H,45,46)(H4,30,31,32)/t13-,14-,15-,16-,17-,18-,19-/m0/s1. The van der Waals surface area contributed by atoms with Crippen LogP contribution in [-0.4, -0.2) is 114 Å². The summed E-state index contributed by atoms with van der Waals surface area (Å²) in [5, 5.41) is 23.8. The number of hydrogen-bond acceptors (Lipinski definition) is 11. The number of carboxylic acid groups (broad SMARTS) is 1. The molecule has 15 N–H and O–H groups in total. The summed E-state index contributed by atoms with van der Waals surface area (Å²) in [6, 6.07) is -7.85. The number of carboxylic acids is 1.